The van der Waals surface area contributed by atoms with Gasteiger partial charge < -0.3 is 4.90 Å². The zero-order valence-corrected chi connectivity index (χ0v) is 9.86. The van der Waals surface area contributed by atoms with Gasteiger partial charge in [0, 0.05) is 12.1 Å². The minimum absolute atomic E-state index is 0.236. The van der Waals surface area contributed by atoms with Gasteiger partial charge in [-0.1, -0.05) is 25.1 Å². The Morgan fingerprint density at radius 3 is 2.75 bits per heavy atom. The first-order chi connectivity index (χ1) is 7.69. The molecule has 0 aromatic heterocycles. The van der Waals surface area contributed by atoms with E-state index in [1.54, 1.807) is 6.07 Å². The molecule has 0 bridgehead atoms. The molecule has 1 aromatic carbocycles. The number of nitrogens with zero attached hydrogens (tertiary/aromatic N) is 1. The molecule has 1 amide bonds. The second kappa shape index (κ2) is 6.25. The molecule has 0 saturated heterocycles. The van der Waals surface area contributed by atoms with E-state index < -0.39 is 0 Å². The van der Waals surface area contributed by atoms with E-state index in [-0.39, 0.29) is 5.91 Å². The van der Waals surface area contributed by atoms with Gasteiger partial charge in [-0.2, -0.15) is 0 Å². The summed E-state index contributed by atoms with van der Waals surface area (Å²) in [6, 6.07) is 7.52. The van der Waals surface area contributed by atoms with Crippen molar-refractivity contribution in [1.29, 1.82) is 0 Å². The van der Waals surface area contributed by atoms with E-state index in [1.165, 1.54) is 0 Å². The fourth-order valence-electron chi connectivity index (χ4n) is 1.71. The van der Waals surface area contributed by atoms with E-state index in [4.69, 9.17) is 5.84 Å². The van der Waals surface area contributed by atoms with Crippen molar-refractivity contribution in [3.63, 3.8) is 0 Å². The van der Waals surface area contributed by atoms with Crippen LogP contribution in [-0.4, -0.2) is 24.4 Å². The van der Waals surface area contributed by atoms with Gasteiger partial charge in [-0.3, -0.25) is 10.2 Å². The van der Waals surface area contributed by atoms with E-state index in [0.717, 1.165) is 25.1 Å². The zero-order valence-electron chi connectivity index (χ0n) is 9.86. The minimum atomic E-state index is -0.236. The minimum Gasteiger partial charge on any atom is -0.302 e. The lowest BCUT2D eigenvalue weighted by Gasteiger charge is -2.17. The summed E-state index contributed by atoms with van der Waals surface area (Å²) in [4.78, 5) is 13.7. The third-order valence-electron chi connectivity index (χ3n) is 2.44. The molecule has 0 atom stereocenters. The second-order valence-electron chi connectivity index (χ2n) is 3.87. The topological polar surface area (TPSA) is 58.4 Å². The number of amides is 1. The Balaban J connectivity index is 2.82. The van der Waals surface area contributed by atoms with Crippen LogP contribution in [0.3, 0.4) is 0 Å². The molecule has 0 aliphatic heterocycles. The Morgan fingerprint density at radius 1 is 1.44 bits per heavy atom. The van der Waals surface area contributed by atoms with Crippen molar-refractivity contribution < 1.29 is 4.79 Å². The van der Waals surface area contributed by atoms with Gasteiger partial charge in [-0.15, -0.1) is 0 Å². The highest BCUT2D eigenvalue weighted by Crippen LogP contribution is 2.10. The molecule has 0 saturated carbocycles. The number of carbonyl (C=O) groups is 1. The molecule has 0 aliphatic carbocycles. The first kappa shape index (κ1) is 12.7. The van der Waals surface area contributed by atoms with Crippen LogP contribution in [0.5, 0.6) is 0 Å². The summed E-state index contributed by atoms with van der Waals surface area (Å²) in [6.45, 7) is 3.91. The molecule has 0 radical (unpaired) electrons. The summed E-state index contributed by atoms with van der Waals surface area (Å²) in [5.74, 6) is 4.91. The largest absolute Gasteiger partial charge is 0.302 e. The van der Waals surface area contributed by atoms with Gasteiger partial charge in [0.15, 0.2) is 0 Å². The van der Waals surface area contributed by atoms with E-state index in [0.29, 0.717) is 5.56 Å². The van der Waals surface area contributed by atoms with Gasteiger partial charge in [-0.05, 0) is 31.6 Å². The van der Waals surface area contributed by atoms with Gasteiger partial charge in [0.25, 0.3) is 5.91 Å². The summed E-state index contributed by atoms with van der Waals surface area (Å²) in [5, 5.41) is 0. The van der Waals surface area contributed by atoms with E-state index in [1.807, 2.05) is 25.2 Å². The Bertz CT molecular complexity index is 352. The van der Waals surface area contributed by atoms with Crippen molar-refractivity contribution in [3.05, 3.63) is 35.4 Å². The number of nitrogens with two attached hydrogens (primary N) is 1. The molecule has 0 heterocycles. The fourth-order valence-corrected chi connectivity index (χ4v) is 1.71. The van der Waals surface area contributed by atoms with Crippen LogP contribution in [0.1, 0.15) is 29.3 Å². The average molecular weight is 221 g/mol. The summed E-state index contributed by atoms with van der Waals surface area (Å²) in [6.07, 6.45) is 1.10. The smallest absolute Gasteiger partial charge is 0.265 e. The van der Waals surface area contributed by atoms with Crippen molar-refractivity contribution in [3.8, 4) is 0 Å². The molecular formula is C12H19N3O. The predicted molar refractivity (Wildman–Crippen MR) is 64.7 cm³/mol. The summed E-state index contributed by atoms with van der Waals surface area (Å²) in [7, 11) is 2.04. The molecule has 4 heteroatoms. The lowest BCUT2D eigenvalue weighted by atomic mass is 10.1. The maximum atomic E-state index is 11.5. The summed E-state index contributed by atoms with van der Waals surface area (Å²) < 4.78 is 0. The normalized spacial score (nSPS) is 10.5. The maximum Gasteiger partial charge on any atom is 0.265 e. The number of hydrazine groups is 1. The monoisotopic (exact) mass is 221 g/mol. The molecule has 1 rings (SSSR count). The van der Waals surface area contributed by atoms with E-state index in [9.17, 15) is 4.79 Å². The highest BCUT2D eigenvalue weighted by molar-refractivity contribution is 5.95. The van der Waals surface area contributed by atoms with Crippen LogP contribution in [0.25, 0.3) is 0 Å². The summed E-state index contributed by atoms with van der Waals surface area (Å²) in [5.41, 5.74) is 3.82. The second-order valence-corrected chi connectivity index (χ2v) is 3.87. The standard InChI is InChI=1S/C12H19N3O/c1-3-8-15(2)9-10-6-4-5-7-11(10)12(16)14-13/h4-7H,3,8-9,13H2,1-2H3,(H,14,16). The number of nitrogen functional groups attached to an aromatic ring is 1. The molecule has 1 aromatic rings. The third-order valence-corrected chi connectivity index (χ3v) is 2.44. The Kier molecular flexibility index (Phi) is 4.95. The van der Waals surface area contributed by atoms with E-state index >= 15 is 0 Å². The Morgan fingerprint density at radius 2 is 2.12 bits per heavy atom. The van der Waals surface area contributed by atoms with Gasteiger partial charge in [-0.25, -0.2) is 5.84 Å². The van der Waals surface area contributed by atoms with Crippen LogP contribution in [-0.2, 0) is 6.54 Å². The molecule has 3 N–H and O–H groups in total. The van der Waals surface area contributed by atoms with Gasteiger partial charge >= 0.3 is 0 Å². The van der Waals surface area contributed by atoms with Gasteiger partial charge in [0.2, 0.25) is 0 Å². The van der Waals surface area contributed by atoms with Crippen molar-refractivity contribution in [1.82, 2.24) is 10.3 Å². The van der Waals surface area contributed by atoms with Crippen LogP contribution in [0, 0.1) is 0 Å². The Labute approximate surface area is 96.4 Å². The number of benzene rings is 1. The SMILES string of the molecule is CCCN(C)Cc1ccccc1C(=O)NN. The van der Waals surface area contributed by atoms with Crippen LogP contribution in [0.15, 0.2) is 24.3 Å². The van der Waals surface area contributed by atoms with Crippen LogP contribution in [0.4, 0.5) is 0 Å². The highest BCUT2D eigenvalue weighted by atomic mass is 16.2. The first-order valence-corrected chi connectivity index (χ1v) is 5.46. The van der Waals surface area contributed by atoms with Crippen LogP contribution < -0.4 is 11.3 Å². The van der Waals surface area contributed by atoms with Crippen molar-refractivity contribution in [2.24, 2.45) is 5.84 Å². The molecular weight excluding hydrogens is 202 g/mol. The average Bonchev–Trinajstić information content (AvgIpc) is 2.29. The molecule has 0 unspecified atom stereocenters. The number of hydrogen-bond donors (Lipinski definition) is 2. The molecule has 0 spiro atoms. The van der Waals surface area contributed by atoms with E-state index in [2.05, 4.69) is 17.2 Å². The fraction of sp³-hybridized carbons (Fsp3) is 0.417. The molecule has 0 aliphatic rings. The highest BCUT2D eigenvalue weighted by Gasteiger charge is 2.10. The van der Waals surface area contributed by atoms with Crippen molar-refractivity contribution >= 4 is 5.91 Å². The number of rotatable bonds is 5. The third kappa shape index (κ3) is 3.32. The lowest BCUT2D eigenvalue weighted by molar-refractivity contribution is 0.0952. The lowest BCUT2D eigenvalue weighted by Crippen LogP contribution is -2.31. The summed E-state index contributed by atoms with van der Waals surface area (Å²) >= 11 is 0. The van der Waals surface area contributed by atoms with Crippen LogP contribution in [0.2, 0.25) is 0 Å². The van der Waals surface area contributed by atoms with Gasteiger partial charge in [0.1, 0.15) is 0 Å². The first-order valence-electron chi connectivity index (χ1n) is 5.46. The number of hydrogen-bond acceptors (Lipinski definition) is 3. The molecule has 0 fully saturated rings. The van der Waals surface area contributed by atoms with Crippen LogP contribution >= 0.6 is 0 Å². The predicted octanol–water partition coefficient (Wildman–Crippen LogP) is 1.13. The van der Waals surface area contributed by atoms with Gasteiger partial charge in [0.05, 0.1) is 0 Å². The Hall–Kier alpha value is -1.39. The number of carbonyl (C=O) groups excluding carboxylic acids is 1. The van der Waals surface area contributed by atoms with Crippen molar-refractivity contribution in [2.45, 2.75) is 19.9 Å². The molecule has 16 heavy (non-hydrogen) atoms. The molecule has 4 nitrogen and oxygen atoms in total. The maximum absolute atomic E-state index is 11.5. The zero-order chi connectivity index (χ0) is 12.0. The quantitative estimate of drug-likeness (QED) is 0.445. The number of nitrogens with one attached hydrogen (secondary N) is 1. The molecule has 88 valence electrons. The van der Waals surface area contributed by atoms with Crippen molar-refractivity contribution in [2.75, 3.05) is 13.6 Å².